The fourth-order valence-electron chi connectivity index (χ4n) is 8.51. The molecule has 4 nitrogen and oxygen atoms in total. The second-order valence-corrected chi connectivity index (χ2v) is 19.3. The van der Waals surface area contributed by atoms with Gasteiger partial charge in [-0.15, -0.1) is 0 Å². The van der Waals surface area contributed by atoms with E-state index in [1.54, 1.807) is 6.08 Å². The molecule has 0 saturated carbocycles. The molecular weight excluding hydrogens is 795 g/mol. The van der Waals surface area contributed by atoms with Crippen molar-refractivity contribution >= 4 is 5.91 Å². The Hall–Kier alpha value is -2.17. The number of aliphatic hydroxyl groups excluding tert-OH is 2. The van der Waals surface area contributed by atoms with Crippen LogP contribution in [-0.4, -0.2) is 34.9 Å². The van der Waals surface area contributed by atoms with Crippen LogP contribution in [0.3, 0.4) is 0 Å². The molecule has 0 bridgehead atoms. The number of amides is 1. The minimum atomic E-state index is -0.874. The Bertz CT molecular complexity index is 1120. The van der Waals surface area contributed by atoms with E-state index in [-0.39, 0.29) is 12.5 Å². The van der Waals surface area contributed by atoms with Gasteiger partial charge in [0.25, 0.3) is 0 Å². The smallest absolute Gasteiger partial charge is 0.220 e. The van der Waals surface area contributed by atoms with Crippen LogP contribution in [0.4, 0.5) is 0 Å². The molecule has 0 fully saturated rings. The first-order valence-corrected chi connectivity index (χ1v) is 28.7. The van der Waals surface area contributed by atoms with Crippen molar-refractivity contribution in [2.24, 2.45) is 0 Å². The summed E-state index contributed by atoms with van der Waals surface area (Å²) in [6, 6.07) is -0.650. The largest absolute Gasteiger partial charge is 0.394 e. The molecule has 4 heteroatoms. The molecule has 0 rings (SSSR count). The van der Waals surface area contributed by atoms with Crippen molar-refractivity contribution in [1.29, 1.82) is 0 Å². The maximum absolute atomic E-state index is 12.5. The lowest BCUT2D eigenvalue weighted by Gasteiger charge is -2.19. The molecule has 2 unspecified atom stereocenters. The van der Waals surface area contributed by atoms with E-state index in [2.05, 4.69) is 79.9 Å². The van der Waals surface area contributed by atoms with Gasteiger partial charge in [-0.3, -0.25) is 4.79 Å². The predicted molar refractivity (Wildman–Crippen MR) is 290 cm³/mol. The van der Waals surface area contributed by atoms with Crippen LogP contribution in [-0.2, 0) is 4.79 Å². The van der Waals surface area contributed by atoms with Crippen LogP contribution in [0, 0.1) is 0 Å². The van der Waals surface area contributed by atoms with Gasteiger partial charge in [0.1, 0.15) is 0 Å². The van der Waals surface area contributed by atoms with Gasteiger partial charge in [-0.1, -0.05) is 273 Å². The second-order valence-electron chi connectivity index (χ2n) is 19.3. The van der Waals surface area contributed by atoms with Crippen molar-refractivity contribution in [2.75, 3.05) is 6.61 Å². The average Bonchev–Trinajstić information content (AvgIpc) is 3.31. The van der Waals surface area contributed by atoms with Crippen molar-refractivity contribution in [3.8, 4) is 0 Å². The molecule has 0 aromatic carbocycles. The monoisotopic (exact) mass is 906 g/mol. The Kier molecular flexibility index (Phi) is 54.3. The van der Waals surface area contributed by atoms with E-state index in [0.717, 1.165) is 51.4 Å². The number of allylic oxidation sites excluding steroid dienone is 11. The van der Waals surface area contributed by atoms with Crippen molar-refractivity contribution in [3.05, 3.63) is 72.9 Å². The summed E-state index contributed by atoms with van der Waals surface area (Å²) in [6.07, 6.45) is 80.6. The number of hydrogen-bond acceptors (Lipinski definition) is 3. The molecule has 378 valence electrons. The molecule has 0 saturated heterocycles. The maximum Gasteiger partial charge on any atom is 0.220 e. The van der Waals surface area contributed by atoms with E-state index < -0.39 is 12.1 Å². The molecule has 0 aromatic rings. The molecule has 3 N–H and O–H groups in total. The lowest BCUT2D eigenvalue weighted by atomic mass is 10.0. The molecule has 0 aliphatic rings. The van der Waals surface area contributed by atoms with Crippen molar-refractivity contribution in [1.82, 2.24) is 5.32 Å². The molecule has 2 atom stereocenters. The summed E-state index contributed by atoms with van der Waals surface area (Å²) >= 11 is 0. The summed E-state index contributed by atoms with van der Waals surface area (Å²) in [5.41, 5.74) is 0. The van der Waals surface area contributed by atoms with E-state index in [1.807, 2.05) is 6.08 Å². The fraction of sp³-hybridized carbons (Fsp3) is 0.787. The third-order valence-electron chi connectivity index (χ3n) is 12.9. The van der Waals surface area contributed by atoms with Gasteiger partial charge < -0.3 is 15.5 Å². The first-order valence-electron chi connectivity index (χ1n) is 28.7. The van der Waals surface area contributed by atoms with E-state index in [4.69, 9.17) is 0 Å². The number of nitrogens with one attached hydrogen (secondary N) is 1. The number of aliphatic hydroxyl groups is 2. The molecule has 1 amide bonds. The molecule has 0 aromatic heterocycles. The first-order chi connectivity index (χ1) is 32.2. The Labute approximate surface area is 406 Å². The number of hydrogen-bond donors (Lipinski definition) is 3. The van der Waals surface area contributed by atoms with Gasteiger partial charge in [-0.2, -0.15) is 0 Å². The van der Waals surface area contributed by atoms with Gasteiger partial charge in [0, 0.05) is 6.42 Å². The highest BCUT2D eigenvalue weighted by Gasteiger charge is 2.18. The SMILES string of the molecule is CCCCCCC/C=C\C/C=C\C/C=C\CCCCCCCCCCCCCCCCC(=O)NC(CO)C(O)/C=C/CC/C=C/CC/C=C/CCCCCCCCCCCCCCCC. The average molecular weight is 907 g/mol. The lowest BCUT2D eigenvalue weighted by Crippen LogP contribution is -2.45. The standard InChI is InChI=1S/C61H111NO3/c1-3-5-7-9-11-13-15-17-19-21-23-25-27-29-30-31-32-33-35-37-39-41-43-45-47-49-51-53-55-57-61(65)62-59(58-63)60(64)56-54-52-50-48-46-44-42-40-38-36-34-28-26-24-22-20-18-16-14-12-10-8-6-4-2/h15,17,21,23,27,29,38,40,46,48,54,56,59-60,63-64H,3-14,16,18-20,22,24-26,28,30-37,39,41-45,47,49-53,55,57-58H2,1-2H3,(H,62,65)/b17-15-,23-21-,29-27-,40-38+,48-46+,56-54+. The third-order valence-corrected chi connectivity index (χ3v) is 12.9. The molecule has 65 heavy (non-hydrogen) atoms. The van der Waals surface area contributed by atoms with Crippen LogP contribution < -0.4 is 5.32 Å². The van der Waals surface area contributed by atoms with Gasteiger partial charge in [0.15, 0.2) is 0 Å². The Balaban J connectivity index is 3.57. The van der Waals surface area contributed by atoms with Crippen LogP contribution in [0.25, 0.3) is 0 Å². The lowest BCUT2D eigenvalue weighted by molar-refractivity contribution is -0.123. The van der Waals surface area contributed by atoms with Gasteiger partial charge in [-0.25, -0.2) is 0 Å². The van der Waals surface area contributed by atoms with Crippen LogP contribution in [0.5, 0.6) is 0 Å². The summed E-state index contributed by atoms with van der Waals surface area (Å²) in [7, 11) is 0. The first kappa shape index (κ1) is 62.8. The highest BCUT2D eigenvalue weighted by Crippen LogP contribution is 2.16. The number of rotatable bonds is 52. The molecule has 0 aliphatic carbocycles. The number of carbonyl (C=O) groups excluding carboxylic acids is 1. The van der Waals surface area contributed by atoms with E-state index in [1.165, 1.54) is 218 Å². The van der Waals surface area contributed by atoms with Crippen molar-refractivity contribution < 1.29 is 15.0 Å². The van der Waals surface area contributed by atoms with Gasteiger partial charge in [0.2, 0.25) is 5.91 Å². The predicted octanol–water partition coefficient (Wildman–Crippen LogP) is 19.0. The summed E-state index contributed by atoms with van der Waals surface area (Å²) in [4.78, 5) is 12.5. The molecular formula is C61H111NO3. The van der Waals surface area contributed by atoms with E-state index in [9.17, 15) is 15.0 Å². The number of unbranched alkanes of at least 4 members (excludes halogenated alkanes) is 35. The third kappa shape index (κ3) is 52.7. The zero-order valence-corrected chi connectivity index (χ0v) is 43.5. The second kappa shape index (κ2) is 56.2. The number of carbonyl (C=O) groups is 1. The topological polar surface area (TPSA) is 69.6 Å². The minimum absolute atomic E-state index is 0.0780. The molecule has 0 heterocycles. The van der Waals surface area contributed by atoms with E-state index >= 15 is 0 Å². The quantitative estimate of drug-likeness (QED) is 0.0421. The normalized spacial score (nSPS) is 13.4. The highest BCUT2D eigenvalue weighted by molar-refractivity contribution is 5.76. The van der Waals surface area contributed by atoms with Crippen LogP contribution in [0.15, 0.2) is 72.9 Å². The van der Waals surface area contributed by atoms with E-state index in [0.29, 0.717) is 6.42 Å². The zero-order chi connectivity index (χ0) is 47.0. The van der Waals surface area contributed by atoms with Crippen LogP contribution >= 0.6 is 0 Å². The Morgan fingerprint density at radius 2 is 0.646 bits per heavy atom. The van der Waals surface area contributed by atoms with Crippen molar-refractivity contribution in [3.63, 3.8) is 0 Å². The molecule has 0 spiro atoms. The summed E-state index contributed by atoms with van der Waals surface area (Å²) in [5, 5.41) is 23.1. The maximum atomic E-state index is 12.5. The van der Waals surface area contributed by atoms with Crippen LogP contribution in [0.2, 0.25) is 0 Å². The zero-order valence-electron chi connectivity index (χ0n) is 43.5. The fourth-order valence-corrected chi connectivity index (χ4v) is 8.51. The summed E-state index contributed by atoms with van der Waals surface area (Å²) < 4.78 is 0. The van der Waals surface area contributed by atoms with Gasteiger partial charge in [0.05, 0.1) is 18.8 Å². The van der Waals surface area contributed by atoms with Gasteiger partial charge in [-0.05, 0) is 83.5 Å². The van der Waals surface area contributed by atoms with Crippen LogP contribution in [0.1, 0.15) is 290 Å². The summed E-state index contributed by atoms with van der Waals surface area (Å²) in [5.74, 6) is -0.0780. The van der Waals surface area contributed by atoms with Gasteiger partial charge >= 0.3 is 0 Å². The highest BCUT2D eigenvalue weighted by atomic mass is 16.3. The molecule has 0 aliphatic heterocycles. The molecule has 0 radical (unpaired) electrons. The van der Waals surface area contributed by atoms with Crippen molar-refractivity contribution in [2.45, 2.75) is 302 Å². The minimum Gasteiger partial charge on any atom is -0.394 e. The Morgan fingerprint density at radius 3 is 1.00 bits per heavy atom. The Morgan fingerprint density at radius 1 is 0.369 bits per heavy atom. The summed E-state index contributed by atoms with van der Waals surface area (Å²) in [6.45, 7) is 4.30.